The lowest BCUT2D eigenvalue weighted by Crippen LogP contribution is -2.24. The summed E-state index contributed by atoms with van der Waals surface area (Å²) in [5.74, 6) is 1.89. The van der Waals surface area contributed by atoms with Crippen molar-refractivity contribution in [3.63, 3.8) is 0 Å². The number of aryl methyl sites for hydroxylation is 2. The van der Waals surface area contributed by atoms with Gasteiger partial charge in [0.25, 0.3) is 0 Å². The number of nitrogens with zero attached hydrogens (tertiary/aromatic N) is 5. The van der Waals surface area contributed by atoms with Crippen molar-refractivity contribution in [2.75, 3.05) is 12.4 Å². The number of pyridine rings is 3. The molecule has 0 aliphatic heterocycles. The summed E-state index contributed by atoms with van der Waals surface area (Å²) in [6.45, 7) is 2.03. The van der Waals surface area contributed by atoms with Gasteiger partial charge in [-0.1, -0.05) is 12.8 Å². The van der Waals surface area contributed by atoms with E-state index in [-0.39, 0.29) is 11.7 Å². The number of fused-ring (bicyclic) bond motifs is 1. The number of anilines is 2. The van der Waals surface area contributed by atoms with E-state index in [1.807, 2.05) is 48.9 Å². The third-order valence-electron chi connectivity index (χ3n) is 6.13. The molecule has 1 saturated carbocycles. The van der Waals surface area contributed by atoms with Gasteiger partial charge in [-0.3, -0.25) is 9.13 Å². The smallest absolute Gasteiger partial charge is 0.329 e. The molecule has 4 aromatic heterocycles. The highest BCUT2D eigenvalue weighted by Crippen LogP contribution is 2.32. The maximum absolute atomic E-state index is 12.9. The lowest BCUT2D eigenvalue weighted by Gasteiger charge is -2.12. The maximum Gasteiger partial charge on any atom is 0.329 e. The van der Waals surface area contributed by atoms with Gasteiger partial charge in [0.05, 0.1) is 30.0 Å². The molecule has 8 nitrogen and oxygen atoms in total. The zero-order valence-corrected chi connectivity index (χ0v) is 18.5. The van der Waals surface area contributed by atoms with Crippen molar-refractivity contribution in [3.05, 3.63) is 58.8 Å². The van der Waals surface area contributed by atoms with Crippen LogP contribution in [0.4, 0.5) is 11.6 Å². The van der Waals surface area contributed by atoms with E-state index in [0.717, 1.165) is 40.7 Å². The maximum atomic E-state index is 12.9. The molecule has 164 valence electrons. The summed E-state index contributed by atoms with van der Waals surface area (Å²) < 4.78 is 8.87. The summed E-state index contributed by atoms with van der Waals surface area (Å²) in [6, 6.07) is 9.97. The van der Waals surface area contributed by atoms with Crippen LogP contribution >= 0.6 is 0 Å². The van der Waals surface area contributed by atoms with Gasteiger partial charge in [0.1, 0.15) is 11.6 Å². The molecule has 4 heterocycles. The quantitative estimate of drug-likeness (QED) is 0.506. The molecule has 4 aromatic rings. The average Bonchev–Trinajstić information content (AvgIpc) is 3.40. The molecule has 0 radical (unpaired) electrons. The fourth-order valence-corrected chi connectivity index (χ4v) is 4.53. The van der Waals surface area contributed by atoms with Crippen molar-refractivity contribution < 1.29 is 4.74 Å². The number of methoxy groups -OCH3 is 1. The summed E-state index contributed by atoms with van der Waals surface area (Å²) in [5, 5.41) is 3.33. The number of hydrogen-bond donors (Lipinski definition) is 1. The van der Waals surface area contributed by atoms with Gasteiger partial charge in [0.2, 0.25) is 5.88 Å². The minimum atomic E-state index is 0.0217. The molecular formula is C24H26N6O2. The summed E-state index contributed by atoms with van der Waals surface area (Å²) in [5.41, 5.74) is 4.58. The Labute approximate surface area is 185 Å². The second-order valence-corrected chi connectivity index (χ2v) is 8.33. The van der Waals surface area contributed by atoms with E-state index in [4.69, 9.17) is 9.72 Å². The van der Waals surface area contributed by atoms with Crippen LogP contribution in [0, 0.1) is 6.92 Å². The van der Waals surface area contributed by atoms with Crippen LogP contribution in [0.3, 0.4) is 0 Å². The molecule has 1 fully saturated rings. The predicted molar refractivity (Wildman–Crippen MR) is 125 cm³/mol. The standard InChI is InChI=1S/C24H26N6O2/c1-15-10-18(16-8-9-25-23(12-16)32-3)27-22(11-15)28-21-13-19-20(14-26-21)29(2)24(31)30(19)17-6-4-5-7-17/h8-14,17H,4-7H2,1-3H3,(H,26,27,28). The van der Waals surface area contributed by atoms with Crippen LogP contribution in [-0.4, -0.2) is 31.2 Å². The fraction of sp³-hybridized carbons (Fsp3) is 0.333. The number of nitrogens with one attached hydrogen (secondary N) is 1. The van der Waals surface area contributed by atoms with E-state index in [1.165, 1.54) is 12.8 Å². The van der Waals surface area contributed by atoms with Crippen molar-refractivity contribution in [2.45, 2.75) is 38.6 Å². The summed E-state index contributed by atoms with van der Waals surface area (Å²) in [6.07, 6.45) is 7.89. The first-order valence-electron chi connectivity index (χ1n) is 10.9. The number of rotatable bonds is 5. The molecule has 1 aliphatic rings. The van der Waals surface area contributed by atoms with Crippen LogP contribution in [0.15, 0.2) is 47.5 Å². The molecule has 0 saturated heterocycles. The molecular weight excluding hydrogens is 404 g/mol. The molecule has 1 N–H and O–H groups in total. The highest BCUT2D eigenvalue weighted by atomic mass is 16.5. The minimum absolute atomic E-state index is 0.0217. The van der Waals surface area contributed by atoms with Crippen molar-refractivity contribution >= 4 is 22.7 Å². The zero-order valence-electron chi connectivity index (χ0n) is 18.5. The highest BCUT2D eigenvalue weighted by Gasteiger charge is 2.23. The highest BCUT2D eigenvalue weighted by molar-refractivity contribution is 5.79. The predicted octanol–water partition coefficient (Wildman–Crippen LogP) is 4.37. The van der Waals surface area contributed by atoms with E-state index >= 15 is 0 Å². The Kier molecular flexibility index (Phi) is 5.13. The second-order valence-electron chi connectivity index (χ2n) is 8.33. The molecule has 0 unspecified atom stereocenters. The van der Waals surface area contributed by atoms with E-state index in [0.29, 0.717) is 17.5 Å². The van der Waals surface area contributed by atoms with Gasteiger partial charge in [-0.15, -0.1) is 0 Å². The lowest BCUT2D eigenvalue weighted by molar-refractivity contribution is 0.398. The molecule has 0 amide bonds. The van der Waals surface area contributed by atoms with Crippen molar-refractivity contribution in [2.24, 2.45) is 7.05 Å². The SMILES string of the molecule is COc1cc(-c2cc(C)cc(Nc3cc4c(cn3)n(C)c(=O)n4C3CCCC3)n2)ccn1. The average molecular weight is 431 g/mol. The van der Waals surface area contributed by atoms with Gasteiger partial charge >= 0.3 is 5.69 Å². The first-order valence-corrected chi connectivity index (χ1v) is 10.9. The first-order chi connectivity index (χ1) is 15.5. The van der Waals surface area contributed by atoms with Crippen LogP contribution in [0.5, 0.6) is 5.88 Å². The molecule has 1 aliphatic carbocycles. The number of hydrogen-bond acceptors (Lipinski definition) is 6. The van der Waals surface area contributed by atoms with Crippen molar-refractivity contribution in [3.8, 4) is 17.1 Å². The van der Waals surface area contributed by atoms with Gasteiger partial charge in [0.15, 0.2) is 0 Å². The van der Waals surface area contributed by atoms with Gasteiger partial charge < -0.3 is 10.1 Å². The van der Waals surface area contributed by atoms with Crippen LogP contribution in [0.25, 0.3) is 22.3 Å². The normalized spacial score (nSPS) is 14.2. The lowest BCUT2D eigenvalue weighted by atomic mass is 10.1. The fourth-order valence-electron chi connectivity index (χ4n) is 4.53. The number of ether oxygens (including phenoxy) is 1. The topological polar surface area (TPSA) is 86.9 Å². The first kappa shape index (κ1) is 20.2. The van der Waals surface area contributed by atoms with E-state index in [2.05, 4.69) is 15.3 Å². The summed E-state index contributed by atoms with van der Waals surface area (Å²) in [7, 11) is 3.40. The molecule has 0 aromatic carbocycles. The Morgan fingerprint density at radius 1 is 1.06 bits per heavy atom. The minimum Gasteiger partial charge on any atom is -0.481 e. The van der Waals surface area contributed by atoms with Crippen LogP contribution < -0.4 is 15.7 Å². The van der Waals surface area contributed by atoms with Crippen molar-refractivity contribution in [1.29, 1.82) is 0 Å². The molecule has 32 heavy (non-hydrogen) atoms. The third kappa shape index (κ3) is 3.62. The summed E-state index contributed by atoms with van der Waals surface area (Å²) >= 11 is 0. The zero-order chi connectivity index (χ0) is 22.2. The van der Waals surface area contributed by atoms with E-state index in [9.17, 15) is 4.79 Å². The van der Waals surface area contributed by atoms with Gasteiger partial charge in [-0.05, 0) is 43.5 Å². The van der Waals surface area contributed by atoms with Crippen LogP contribution in [0.1, 0.15) is 37.3 Å². The largest absolute Gasteiger partial charge is 0.481 e. The Hall–Kier alpha value is -3.68. The monoisotopic (exact) mass is 430 g/mol. The Bertz CT molecular complexity index is 1350. The molecule has 0 spiro atoms. The Balaban J connectivity index is 1.52. The number of aromatic nitrogens is 5. The molecule has 0 bridgehead atoms. The third-order valence-corrected chi connectivity index (χ3v) is 6.13. The van der Waals surface area contributed by atoms with Crippen LogP contribution in [-0.2, 0) is 7.05 Å². The van der Waals surface area contributed by atoms with Crippen LogP contribution in [0.2, 0.25) is 0 Å². The second kappa shape index (κ2) is 8.11. The van der Waals surface area contributed by atoms with E-state index in [1.54, 1.807) is 24.1 Å². The molecule has 5 rings (SSSR count). The van der Waals surface area contributed by atoms with E-state index < -0.39 is 0 Å². The Morgan fingerprint density at radius 2 is 1.88 bits per heavy atom. The van der Waals surface area contributed by atoms with Crippen molar-refractivity contribution in [1.82, 2.24) is 24.1 Å². The molecule has 8 heteroatoms. The van der Waals surface area contributed by atoms with Gasteiger partial charge in [0, 0.05) is 37.0 Å². The van der Waals surface area contributed by atoms with Gasteiger partial charge in [-0.25, -0.2) is 19.7 Å². The number of imidazole rings is 1. The summed E-state index contributed by atoms with van der Waals surface area (Å²) in [4.78, 5) is 26.4. The molecule has 0 atom stereocenters. The van der Waals surface area contributed by atoms with Gasteiger partial charge in [-0.2, -0.15) is 0 Å². The Morgan fingerprint density at radius 3 is 2.66 bits per heavy atom.